The molecule has 0 bridgehead atoms. The zero-order chi connectivity index (χ0) is 22.5. The molecule has 7 heteroatoms. The Hall–Kier alpha value is -0.680. The van der Waals surface area contributed by atoms with Gasteiger partial charge in [0.25, 0.3) is 0 Å². The molecule has 23 heavy (non-hydrogen) atoms. The van der Waals surface area contributed by atoms with E-state index in [1.54, 1.807) is 24.3 Å². The Morgan fingerprint density at radius 2 is 1.87 bits per heavy atom. The second-order valence-electron chi connectivity index (χ2n) is 4.59. The van der Waals surface area contributed by atoms with Crippen LogP contribution in [0.2, 0.25) is 0 Å². The standard InChI is InChI=1S/C16H24Cl2N2O2.ClH/c1-12(2)22-16(21)15(19)11-13-3-5-14(6-4-13)20(9-7-17)10-8-18;/h3-6,12,15H,7-11,19H2,1-2H3;1H/t15-;/m0./s1/i1D3,2D3,12D;. The molecule has 0 aliphatic carbocycles. The molecule has 0 unspecified atom stereocenters. The van der Waals surface area contributed by atoms with E-state index >= 15 is 0 Å². The van der Waals surface area contributed by atoms with Crippen LogP contribution in [0.5, 0.6) is 0 Å². The fourth-order valence-electron chi connectivity index (χ4n) is 1.93. The Morgan fingerprint density at radius 1 is 1.30 bits per heavy atom. The number of rotatable bonds is 9. The molecule has 1 aromatic rings. The lowest BCUT2D eigenvalue weighted by Crippen LogP contribution is -2.35. The van der Waals surface area contributed by atoms with Crippen LogP contribution in [-0.4, -0.2) is 42.9 Å². The van der Waals surface area contributed by atoms with Crippen molar-refractivity contribution in [3.8, 4) is 0 Å². The number of hydrogen-bond donors (Lipinski definition) is 1. The lowest BCUT2D eigenvalue weighted by Gasteiger charge is -2.23. The van der Waals surface area contributed by atoms with Gasteiger partial charge in [-0.15, -0.1) is 35.6 Å². The molecule has 0 saturated heterocycles. The highest BCUT2D eigenvalue weighted by Crippen LogP contribution is 2.16. The van der Waals surface area contributed by atoms with Crippen LogP contribution in [0.15, 0.2) is 24.3 Å². The third-order valence-electron chi connectivity index (χ3n) is 2.97. The first kappa shape index (κ1) is 12.6. The lowest BCUT2D eigenvalue weighted by molar-refractivity contribution is -0.148. The fraction of sp³-hybridized carbons (Fsp3) is 0.562. The van der Waals surface area contributed by atoms with E-state index in [4.69, 9.17) is 38.5 Å². The van der Waals surface area contributed by atoms with Crippen molar-refractivity contribution in [3.05, 3.63) is 29.8 Å². The summed E-state index contributed by atoms with van der Waals surface area (Å²) in [6.07, 6.45) is -3.43. The van der Waals surface area contributed by atoms with Crippen LogP contribution < -0.4 is 10.6 Å². The number of halogens is 3. The van der Waals surface area contributed by atoms with Crippen molar-refractivity contribution in [2.24, 2.45) is 5.73 Å². The molecule has 0 radical (unpaired) electrons. The van der Waals surface area contributed by atoms with Gasteiger partial charge < -0.3 is 15.4 Å². The second kappa shape index (κ2) is 11.8. The molecule has 0 heterocycles. The molecular formula is C16H25Cl3N2O2. The van der Waals surface area contributed by atoms with Gasteiger partial charge >= 0.3 is 5.97 Å². The Balaban J connectivity index is 0.00000841. The molecule has 1 atom stereocenters. The van der Waals surface area contributed by atoms with E-state index in [1.165, 1.54) is 0 Å². The molecule has 4 nitrogen and oxygen atoms in total. The Bertz CT molecular complexity index is 652. The minimum absolute atomic E-state index is 0. The number of benzene rings is 1. The van der Waals surface area contributed by atoms with Crippen molar-refractivity contribution < 1.29 is 19.1 Å². The minimum Gasteiger partial charge on any atom is -0.462 e. The number of hydrogen-bond acceptors (Lipinski definition) is 4. The van der Waals surface area contributed by atoms with Gasteiger partial charge in [-0.2, -0.15) is 0 Å². The molecule has 0 aliphatic rings. The van der Waals surface area contributed by atoms with Gasteiger partial charge in [0.15, 0.2) is 0 Å². The normalized spacial score (nSPS) is 17.8. The number of ether oxygens (including phenoxy) is 1. The van der Waals surface area contributed by atoms with Crippen molar-refractivity contribution in [3.63, 3.8) is 0 Å². The first-order chi connectivity index (χ1) is 13.3. The van der Waals surface area contributed by atoms with E-state index in [-0.39, 0.29) is 18.8 Å². The van der Waals surface area contributed by atoms with Crippen LogP contribution in [0.25, 0.3) is 0 Å². The summed E-state index contributed by atoms with van der Waals surface area (Å²) in [5.74, 6) is -0.420. The Kier molecular flexibility index (Phi) is 6.49. The quantitative estimate of drug-likeness (QED) is 0.519. The third-order valence-corrected chi connectivity index (χ3v) is 3.31. The molecule has 1 rings (SSSR count). The number of esters is 1. The summed E-state index contributed by atoms with van der Waals surface area (Å²) in [5.41, 5.74) is 7.29. The van der Waals surface area contributed by atoms with E-state index < -0.39 is 31.8 Å². The van der Waals surface area contributed by atoms with E-state index in [1.807, 2.05) is 4.90 Å². The Morgan fingerprint density at radius 3 is 2.35 bits per heavy atom. The summed E-state index contributed by atoms with van der Waals surface area (Å²) in [6.45, 7) is -5.53. The number of nitrogens with two attached hydrogens (primary N) is 1. The molecule has 0 aromatic heterocycles. The van der Waals surface area contributed by atoms with Gasteiger partial charge in [-0.25, -0.2) is 0 Å². The van der Waals surface area contributed by atoms with Gasteiger partial charge in [-0.3, -0.25) is 4.79 Å². The highest BCUT2D eigenvalue weighted by atomic mass is 35.5. The molecule has 1 aromatic carbocycles. The van der Waals surface area contributed by atoms with Crippen LogP contribution in [0.4, 0.5) is 5.69 Å². The van der Waals surface area contributed by atoms with Crippen molar-refractivity contribution in [2.75, 3.05) is 29.7 Å². The summed E-state index contributed by atoms with van der Waals surface area (Å²) in [5, 5.41) is 0. The zero-order valence-electron chi connectivity index (χ0n) is 19.4. The highest BCUT2D eigenvalue weighted by molar-refractivity contribution is 6.18. The molecule has 0 aliphatic heterocycles. The maximum absolute atomic E-state index is 12.2. The number of carbonyl (C=O) groups excluding carboxylic acids is 1. The predicted octanol–water partition coefficient (Wildman–Crippen LogP) is 3.21. The summed E-state index contributed by atoms with van der Waals surface area (Å²) in [4.78, 5) is 14.2. The van der Waals surface area contributed by atoms with Gasteiger partial charge in [-0.05, 0) is 37.8 Å². The molecule has 0 saturated carbocycles. The summed E-state index contributed by atoms with van der Waals surface area (Å²) in [7, 11) is 0. The number of anilines is 1. The number of carbonyl (C=O) groups is 1. The Labute approximate surface area is 164 Å². The monoisotopic (exact) mass is 389 g/mol. The van der Waals surface area contributed by atoms with Crippen LogP contribution in [0.1, 0.15) is 28.9 Å². The van der Waals surface area contributed by atoms with Crippen LogP contribution in [0, 0.1) is 0 Å². The van der Waals surface area contributed by atoms with E-state index in [9.17, 15) is 4.79 Å². The summed E-state index contributed by atoms with van der Waals surface area (Å²) < 4.78 is 55.9. The molecule has 2 N–H and O–H groups in total. The molecule has 0 fully saturated rings. The summed E-state index contributed by atoms with van der Waals surface area (Å²) in [6, 6.07) is 5.70. The van der Waals surface area contributed by atoms with Gasteiger partial charge in [0.05, 0.1) is 7.45 Å². The average molecular weight is 391 g/mol. The average Bonchev–Trinajstić information content (AvgIpc) is 2.60. The highest BCUT2D eigenvalue weighted by Gasteiger charge is 2.17. The molecule has 0 spiro atoms. The fourth-order valence-corrected chi connectivity index (χ4v) is 2.34. The van der Waals surface area contributed by atoms with Crippen LogP contribution in [-0.2, 0) is 16.0 Å². The number of alkyl halides is 2. The lowest BCUT2D eigenvalue weighted by atomic mass is 10.1. The van der Waals surface area contributed by atoms with Crippen molar-refractivity contribution in [2.45, 2.75) is 32.2 Å². The topological polar surface area (TPSA) is 55.6 Å². The van der Waals surface area contributed by atoms with Crippen LogP contribution >= 0.6 is 35.6 Å². The van der Waals surface area contributed by atoms with Gasteiger partial charge in [0, 0.05) is 38.8 Å². The van der Waals surface area contributed by atoms with Crippen molar-refractivity contribution >= 4 is 47.3 Å². The molecule has 0 amide bonds. The summed E-state index contributed by atoms with van der Waals surface area (Å²) >= 11 is 11.6. The largest absolute Gasteiger partial charge is 0.462 e. The van der Waals surface area contributed by atoms with E-state index in [0.717, 1.165) is 5.69 Å². The smallest absolute Gasteiger partial charge is 0.323 e. The first-order valence-corrected chi connectivity index (χ1v) is 7.78. The maximum atomic E-state index is 12.2. The third kappa shape index (κ3) is 8.11. The van der Waals surface area contributed by atoms with E-state index in [0.29, 0.717) is 30.4 Å². The minimum atomic E-state index is -3.40. The second-order valence-corrected chi connectivity index (χ2v) is 5.35. The number of nitrogens with zero attached hydrogens (tertiary/aromatic N) is 1. The van der Waals surface area contributed by atoms with Crippen molar-refractivity contribution in [1.29, 1.82) is 0 Å². The first-order valence-electron chi connectivity index (χ1n) is 10.2. The predicted molar refractivity (Wildman–Crippen MR) is 100 cm³/mol. The van der Waals surface area contributed by atoms with Gasteiger partial charge in [0.1, 0.15) is 6.04 Å². The zero-order valence-corrected chi connectivity index (χ0v) is 14.8. The van der Waals surface area contributed by atoms with Gasteiger partial charge in [0.2, 0.25) is 0 Å². The molecule has 132 valence electrons. The SMILES string of the molecule is Cl.[2H]C([2H])([2H])C([2H])(OC(=O)[C@@H](N)Cc1ccc(N(CCCl)CCCl)cc1)C([2H])([2H])[2H]. The maximum Gasteiger partial charge on any atom is 0.323 e. The van der Waals surface area contributed by atoms with Crippen molar-refractivity contribution in [1.82, 2.24) is 0 Å². The molecular weight excluding hydrogens is 359 g/mol. The van der Waals surface area contributed by atoms with Gasteiger partial charge in [-0.1, -0.05) is 12.1 Å². The van der Waals surface area contributed by atoms with E-state index in [2.05, 4.69) is 4.74 Å². The van der Waals surface area contributed by atoms with Crippen LogP contribution in [0.3, 0.4) is 0 Å².